The summed E-state index contributed by atoms with van der Waals surface area (Å²) < 4.78 is 6.90. The fourth-order valence-corrected chi connectivity index (χ4v) is 4.11. The molecule has 0 saturated carbocycles. The van der Waals surface area contributed by atoms with E-state index in [1.54, 1.807) is 35.9 Å². The Morgan fingerprint density at radius 1 is 1.00 bits per heavy atom. The predicted octanol–water partition coefficient (Wildman–Crippen LogP) is 3.84. The first-order valence-electron chi connectivity index (χ1n) is 11.0. The molecule has 2 amide bonds. The van der Waals surface area contributed by atoms with Crippen molar-refractivity contribution in [3.63, 3.8) is 0 Å². The van der Waals surface area contributed by atoms with Gasteiger partial charge in [-0.05, 0) is 48.5 Å². The van der Waals surface area contributed by atoms with Crippen molar-refractivity contribution in [3.8, 4) is 11.4 Å². The van der Waals surface area contributed by atoms with Crippen LogP contribution in [0.5, 0.6) is 5.75 Å². The highest BCUT2D eigenvalue weighted by molar-refractivity contribution is 7.99. The van der Waals surface area contributed by atoms with Crippen LogP contribution in [0, 0.1) is 10.1 Å². The molecule has 2 N–H and O–H groups in total. The Morgan fingerprint density at radius 2 is 1.70 bits per heavy atom. The minimum absolute atomic E-state index is 0.0279. The van der Waals surface area contributed by atoms with Gasteiger partial charge in [0.1, 0.15) is 5.75 Å². The van der Waals surface area contributed by atoms with Gasteiger partial charge in [0, 0.05) is 29.1 Å². The number of nitrogens with zero attached hydrogens (tertiary/aromatic N) is 4. The summed E-state index contributed by atoms with van der Waals surface area (Å²) in [5.74, 6) is 0.587. The Hall–Kier alpha value is -4.71. The van der Waals surface area contributed by atoms with E-state index in [1.165, 1.54) is 36.0 Å². The number of amides is 2. The number of nitrogens with one attached hydrogen (secondary N) is 2. The van der Waals surface area contributed by atoms with Gasteiger partial charge in [0.2, 0.25) is 5.91 Å². The lowest BCUT2D eigenvalue weighted by Crippen LogP contribution is -2.24. The Balaban J connectivity index is 1.44. The Kier molecular flexibility index (Phi) is 8.11. The van der Waals surface area contributed by atoms with Gasteiger partial charge in [-0.25, -0.2) is 0 Å². The molecule has 11 nitrogen and oxygen atoms in total. The fraction of sp³-hybridized carbons (Fsp3) is 0.120. The molecule has 4 aromatic rings. The van der Waals surface area contributed by atoms with Gasteiger partial charge in [-0.3, -0.25) is 24.3 Å². The maximum absolute atomic E-state index is 12.6. The number of aromatic nitrogens is 3. The molecule has 0 radical (unpaired) electrons. The number of hydrogen-bond acceptors (Lipinski definition) is 8. The first-order valence-corrected chi connectivity index (χ1v) is 12.0. The second kappa shape index (κ2) is 11.8. The van der Waals surface area contributed by atoms with Crippen LogP contribution in [0.2, 0.25) is 0 Å². The van der Waals surface area contributed by atoms with Crippen molar-refractivity contribution in [2.24, 2.45) is 0 Å². The highest BCUT2D eigenvalue weighted by atomic mass is 32.2. The van der Waals surface area contributed by atoms with E-state index in [4.69, 9.17) is 4.74 Å². The number of ether oxygens (including phenoxy) is 1. The maximum atomic E-state index is 12.6. The summed E-state index contributed by atoms with van der Waals surface area (Å²) in [4.78, 5) is 35.4. The van der Waals surface area contributed by atoms with Crippen LogP contribution in [-0.4, -0.2) is 44.4 Å². The van der Waals surface area contributed by atoms with Gasteiger partial charge >= 0.3 is 0 Å². The molecule has 12 heteroatoms. The minimum Gasteiger partial charge on any atom is -0.497 e. The monoisotopic (exact) mass is 518 g/mol. The highest BCUT2D eigenvalue weighted by Crippen LogP contribution is 2.23. The van der Waals surface area contributed by atoms with E-state index >= 15 is 0 Å². The van der Waals surface area contributed by atoms with Gasteiger partial charge in [0.25, 0.3) is 11.6 Å². The fourth-order valence-electron chi connectivity index (χ4n) is 3.34. The van der Waals surface area contributed by atoms with Crippen LogP contribution in [0.4, 0.5) is 11.4 Å². The van der Waals surface area contributed by atoms with Crippen LogP contribution in [0.15, 0.2) is 84.0 Å². The molecule has 0 fully saturated rings. The standard InChI is InChI=1S/C25H22N6O5S/c1-36-21-13-7-17(8-14-21)24(33)26-15-22-28-29-25(30(22)19-5-3-2-4-6-19)37-16-23(32)27-18-9-11-20(12-10-18)31(34)35/h2-14H,15-16H2,1H3,(H,26,33)(H,27,32). The van der Waals surface area contributed by atoms with E-state index in [-0.39, 0.29) is 29.8 Å². The van der Waals surface area contributed by atoms with Crippen LogP contribution >= 0.6 is 11.8 Å². The second-order valence-corrected chi connectivity index (χ2v) is 8.56. The number of carbonyl (C=O) groups is 2. The number of rotatable bonds is 10. The van der Waals surface area contributed by atoms with Crippen LogP contribution in [0.3, 0.4) is 0 Å². The van der Waals surface area contributed by atoms with Crippen LogP contribution < -0.4 is 15.4 Å². The highest BCUT2D eigenvalue weighted by Gasteiger charge is 2.17. The number of anilines is 1. The molecule has 0 aliphatic carbocycles. The number of methoxy groups -OCH3 is 1. The Bertz CT molecular complexity index is 1390. The largest absolute Gasteiger partial charge is 0.497 e. The van der Waals surface area contributed by atoms with Gasteiger partial charge in [-0.2, -0.15) is 0 Å². The first-order chi connectivity index (χ1) is 17.9. The summed E-state index contributed by atoms with van der Waals surface area (Å²) in [7, 11) is 1.56. The van der Waals surface area contributed by atoms with E-state index in [2.05, 4.69) is 20.8 Å². The predicted molar refractivity (Wildman–Crippen MR) is 138 cm³/mol. The molecular formula is C25H22N6O5S. The third kappa shape index (κ3) is 6.49. The lowest BCUT2D eigenvalue weighted by atomic mass is 10.2. The number of hydrogen-bond donors (Lipinski definition) is 2. The number of thioether (sulfide) groups is 1. The summed E-state index contributed by atoms with van der Waals surface area (Å²) in [5.41, 5.74) is 1.64. The topological polar surface area (TPSA) is 141 Å². The lowest BCUT2D eigenvalue weighted by Gasteiger charge is -2.11. The number of nitro groups is 1. The van der Waals surface area contributed by atoms with Crippen LogP contribution in [0.25, 0.3) is 5.69 Å². The maximum Gasteiger partial charge on any atom is 0.269 e. The van der Waals surface area contributed by atoms with Crippen molar-refractivity contribution < 1.29 is 19.2 Å². The zero-order chi connectivity index (χ0) is 26.2. The molecule has 3 aromatic carbocycles. The number of benzene rings is 3. The van der Waals surface area contributed by atoms with Gasteiger partial charge in [-0.15, -0.1) is 10.2 Å². The van der Waals surface area contributed by atoms with Crippen molar-refractivity contribution in [2.45, 2.75) is 11.7 Å². The molecule has 188 valence electrons. The second-order valence-electron chi connectivity index (χ2n) is 7.62. The summed E-state index contributed by atoms with van der Waals surface area (Å²) in [6.45, 7) is 0.113. The van der Waals surface area contributed by atoms with Crippen molar-refractivity contribution >= 4 is 35.0 Å². The number of nitro benzene ring substituents is 1. The van der Waals surface area contributed by atoms with Crippen LogP contribution in [0.1, 0.15) is 16.2 Å². The normalized spacial score (nSPS) is 10.5. The number of para-hydroxylation sites is 1. The quantitative estimate of drug-likeness (QED) is 0.183. The van der Waals surface area contributed by atoms with Gasteiger partial charge < -0.3 is 15.4 Å². The summed E-state index contributed by atoms with van der Waals surface area (Å²) >= 11 is 1.18. The Labute approximate surface area is 216 Å². The molecule has 0 aliphatic heterocycles. The average molecular weight is 519 g/mol. The van der Waals surface area contributed by atoms with E-state index in [0.717, 1.165) is 5.69 Å². The average Bonchev–Trinajstić information content (AvgIpc) is 3.34. The van der Waals surface area contributed by atoms with E-state index in [9.17, 15) is 19.7 Å². The third-order valence-corrected chi connectivity index (χ3v) is 6.10. The van der Waals surface area contributed by atoms with Gasteiger partial charge in [0.15, 0.2) is 11.0 Å². The van der Waals surface area contributed by atoms with Gasteiger partial charge in [0.05, 0.1) is 24.3 Å². The van der Waals surface area contributed by atoms with Crippen LogP contribution in [-0.2, 0) is 11.3 Å². The Morgan fingerprint density at radius 3 is 2.35 bits per heavy atom. The van der Waals surface area contributed by atoms with Crippen molar-refractivity contribution in [3.05, 3.63) is 100 Å². The molecule has 4 rings (SSSR count). The van der Waals surface area contributed by atoms with Crippen molar-refractivity contribution in [2.75, 3.05) is 18.2 Å². The first kappa shape index (κ1) is 25.4. The molecule has 0 atom stereocenters. The molecule has 0 spiro atoms. The summed E-state index contributed by atoms with van der Waals surface area (Å²) in [6.07, 6.45) is 0. The lowest BCUT2D eigenvalue weighted by molar-refractivity contribution is -0.384. The summed E-state index contributed by atoms with van der Waals surface area (Å²) in [6, 6.07) is 21.7. The third-order valence-electron chi connectivity index (χ3n) is 5.17. The number of carbonyl (C=O) groups excluding carboxylic acids is 2. The molecule has 0 bridgehead atoms. The molecule has 1 aromatic heterocycles. The molecule has 37 heavy (non-hydrogen) atoms. The van der Waals surface area contributed by atoms with Crippen molar-refractivity contribution in [1.82, 2.24) is 20.1 Å². The molecule has 0 saturated heterocycles. The molecule has 0 aliphatic rings. The smallest absolute Gasteiger partial charge is 0.269 e. The van der Waals surface area contributed by atoms with Crippen molar-refractivity contribution in [1.29, 1.82) is 0 Å². The van der Waals surface area contributed by atoms with E-state index in [1.807, 2.05) is 30.3 Å². The van der Waals surface area contributed by atoms with E-state index in [0.29, 0.717) is 28.0 Å². The van der Waals surface area contributed by atoms with Gasteiger partial charge in [-0.1, -0.05) is 30.0 Å². The summed E-state index contributed by atoms with van der Waals surface area (Å²) in [5, 5.41) is 25.3. The molecule has 0 unspecified atom stereocenters. The van der Waals surface area contributed by atoms with E-state index < -0.39 is 4.92 Å². The molecule has 1 heterocycles. The number of non-ortho nitro benzene ring substituents is 1. The SMILES string of the molecule is COc1ccc(C(=O)NCc2nnc(SCC(=O)Nc3ccc([N+](=O)[O-])cc3)n2-c2ccccc2)cc1. The molecular weight excluding hydrogens is 496 g/mol. The minimum atomic E-state index is -0.505. The zero-order valence-electron chi connectivity index (χ0n) is 19.7. The zero-order valence-corrected chi connectivity index (χ0v) is 20.5.